The summed E-state index contributed by atoms with van der Waals surface area (Å²) in [7, 11) is -3.64. The third kappa shape index (κ3) is 3.40. The van der Waals surface area contributed by atoms with E-state index in [0.29, 0.717) is 18.7 Å². The van der Waals surface area contributed by atoms with Gasteiger partial charge >= 0.3 is 0 Å². The van der Waals surface area contributed by atoms with E-state index in [2.05, 4.69) is 5.32 Å². The zero-order valence-electron chi connectivity index (χ0n) is 12.6. The fourth-order valence-corrected chi connectivity index (χ4v) is 4.28. The summed E-state index contributed by atoms with van der Waals surface area (Å²) in [5.74, 6) is 0. The first-order chi connectivity index (χ1) is 9.75. The molecule has 0 aliphatic carbocycles. The largest absolute Gasteiger partial charge is 0.311 e. The summed E-state index contributed by atoms with van der Waals surface area (Å²) in [6, 6.07) is 3.82. The molecule has 124 valence electrons. The van der Waals surface area contributed by atoms with Crippen molar-refractivity contribution in [2.24, 2.45) is 0 Å². The van der Waals surface area contributed by atoms with Gasteiger partial charge in [0.25, 0.3) is 5.69 Å². The number of sulfonamides is 1. The quantitative estimate of drug-likeness (QED) is 0.662. The number of hydrogen-bond acceptors (Lipinski definition) is 5. The van der Waals surface area contributed by atoms with E-state index in [0.717, 1.165) is 0 Å². The molecule has 1 fully saturated rings. The van der Waals surface area contributed by atoms with Gasteiger partial charge in [-0.25, -0.2) is 8.42 Å². The van der Waals surface area contributed by atoms with Gasteiger partial charge in [-0.15, -0.1) is 12.4 Å². The molecule has 1 heterocycles. The first-order valence-corrected chi connectivity index (χ1v) is 8.19. The molecule has 0 aromatic heterocycles. The highest BCUT2D eigenvalue weighted by Gasteiger charge is 2.34. The van der Waals surface area contributed by atoms with Crippen molar-refractivity contribution in [3.63, 3.8) is 0 Å². The number of nitro benzene ring substituents is 1. The Hall–Kier alpha value is -1.22. The Balaban J connectivity index is 0.00000242. The number of hydrogen-bond donors (Lipinski definition) is 1. The number of nitrogens with zero attached hydrogens (tertiary/aromatic N) is 2. The van der Waals surface area contributed by atoms with Crippen LogP contribution in [0.5, 0.6) is 0 Å². The van der Waals surface area contributed by atoms with E-state index in [9.17, 15) is 18.5 Å². The molecule has 2 rings (SSSR count). The number of halogens is 1. The molecule has 2 unspecified atom stereocenters. The topological polar surface area (TPSA) is 92.6 Å². The van der Waals surface area contributed by atoms with E-state index in [1.807, 2.05) is 13.8 Å². The van der Waals surface area contributed by atoms with Crippen LogP contribution < -0.4 is 5.32 Å². The van der Waals surface area contributed by atoms with Crippen LogP contribution in [0.25, 0.3) is 0 Å². The third-order valence-electron chi connectivity index (χ3n) is 3.95. The maximum Gasteiger partial charge on any atom is 0.272 e. The van der Waals surface area contributed by atoms with Crippen LogP contribution in [0.2, 0.25) is 0 Å². The average Bonchev–Trinajstić information content (AvgIpc) is 2.41. The minimum atomic E-state index is -3.64. The van der Waals surface area contributed by atoms with E-state index < -0.39 is 14.9 Å². The van der Waals surface area contributed by atoms with Gasteiger partial charge in [0.15, 0.2) is 0 Å². The van der Waals surface area contributed by atoms with Crippen LogP contribution in [0, 0.1) is 17.0 Å². The number of rotatable bonds is 3. The van der Waals surface area contributed by atoms with Gasteiger partial charge in [-0.05, 0) is 32.9 Å². The van der Waals surface area contributed by atoms with Crippen molar-refractivity contribution in [1.82, 2.24) is 9.62 Å². The zero-order valence-corrected chi connectivity index (χ0v) is 14.3. The van der Waals surface area contributed by atoms with E-state index in [1.54, 1.807) is 6.92 Å². The SMILES string of the molecule is Cc1cc(S(=O)(=O)N2CCNC(C)C2C)ccc1[N+](=O)[O-].Cl. The summed E-state index contributed by atoms with van der Waals surface area (Å²) >= 11 is 0. The fourth-order valence-electron chi connectivity index (χ4n) is 2.49. The van der Waals surface area contributed by atoms with Crippen LogP contribution in [0.4, 0.5) is 5.69 Å². The monoisotopic (exact) mass is 349 g/mol. The van der Waals surface area contributed by atoms with Gasteiger partial charge in [0.2, 0.25) is 10.0 Å². The average molecular weight is 350 g/mol. The van der Waals surface area contributed by atoms with Gasteiger partial charge in [0.05, 0.1) is 9.82 Å². The van der Waals surface area contributed by atoms with E-state index in [4.69, 9.17) is 0 Å². The van der Waals surface area contributed by atoms with Gasteiger partial charge in [-0.1, -0.05) is 0 Å². The van der Waals surface area contributed by atoms with Crippen molar-refractivity contribution < 1.29 is 13.3 Å². The third-order valence-corrected chi connectivity index (χ3v) is 5.93. The number of piperazine rings is 1. The standard InChI is InChI=1S/C13H19N3O4S.ClH/c1-9-8-12(4-5-13(9)16(17)18)21(19,20)15-7-6-14-10(2)11(15)3;/h4-5,8,10-11,14H,6-7H2,1-3H3;1H. The molecule has 22 heavy (non-hydrogen) atoms. The summed E-state index contributed by atoms with van der Waals surface area (Å²) in [4.78, 5) is 10.4. The first kappa shape index (κ1) is 18.8. The molecular formula is C13H20ClN3O4S. The molecule has 0 radical (unpaired) electrons. The molecule has 1 saturated heterocycles. The number of aryl methyl sites for hydroxylation is 1. The minimum Gasteiger partial charge on any atom is -0.311 e. The van der Waals surface area contributed by atoms with Crippen LogP contribution in [-0.2, 0) is 10.0 Å². The van der Waals surface area contributed by atoms with Crippen molar-refractivity contribution in [3.05, 3.63) is 33.9 Å². The van der Waals surface area contributed by atoms with E-state index >= 15 is 0 Å². The number of nitro groups is 1. The summed E-state index contributed by atoms with van der Waals surface area (Å²) in [6.07, 6.45) is 0. The molecule has 2 atom stereocenters. The highest BCUT2D eigenvalue weighted by Crippen LogP contribution is 2.26. The second kappa shape index (κ2) is 6.91. The Labute approximate surface area is 136 Å². The van der Waals surface area contributed by atoms with Crippen molar-refractivity contribution >= 4 is 28.1 Å². The van der Waals surface area contributed by atoms with Crippen LogP contribution >= 0.6 is 12.4 Å². The molecule has 0 bridgehead atoms. The molecule has 0 saturated carbocycles. The first-order valence-electron chi connectivity index (χ1n) is 6.75. The Kier molecular flexibility index (Phi) is 5.91. The van der Waals surface area contributed by atoms with Crippen LogP contribution in [0.1, 0.15) is 19.4 Å². The Morgan fingerprint density at radius 1 is 1.36 bits per heavy atom. The van der Waals surface area contributed by atoms with Crippen LogP contribution in [0.15, 0.2) is 23.1 Å². The number of nitrogens with one attached hydrogen (secondary N) is 1. The molecule has 1 aromatic carbocycles. The lowest BCUT2D eigenvalue weighted by atomic mass is 10.1. The molecule has 9 heteroatoms. The van der Waals surface area contributed by atoms with Crippen molar-refractivity contribution in [2.75, 3.05) is 13.1 Å². The van der Waals surface area contributed by atoms with E-state index in [1.165, 1.54) is 22.5 Å². The normalized spacial score (nSPS) is 22.9. The molecule has 1 aliphatic rings. The molecule has 1 N–H and O–H groups in total. The summed E-state index contributed by atoms with van der Waals surface area (Å²) < 4.78 is 26.9. The Morgan fingerprint density at radius 3 is 2.55 bits per heavy atom. The number of benzene rings is 1. The predicted molar refractivity (Wildman–Crippen MR) is 85.9 cm³/mol. The Bertz CT molecular complexity index is 665. The van der Waals surface area contributed by atoms with Crippen LogP contribution in [-0.4, -0.2) is 42.8 Å². The second-order valence-corrected chi connectivity index (χ2v) is 7.20. The highest BCUT2D eigenvalue weighted by molar-refractivity contribution is 7.89. The molecule has 1 aromatic rings. The van der Waals surface area contributed by atoms with Gasteiger partial charge in [0.1, 0.15) is 0 Å². The molecule has 1 aliphatic heterocycles. The smallest absolute Gasteiger partial charge is 0.272 e. The zero-order chi connectivity index (χ0) is 15.8. The Morgan fingerprint density at radius 2 is 2.00 bits per heavy atom. The maximum absolute atomic E-state index is 12.7. The molecule has 0 spiro atoms. The van der Waals surface area contributed by atoms with Gasteiger partial charge in [-0.3, -0.25) is 10.1 Å². The summed E-state index contributed by atoms with van der Waals surface area (Å²) in [6.45, 7) is 6.32. The molecule has 0 amide bonds. The van der Waals surface area contributed by atoms with E-state index in [-0.39, 0.29) is 35.1 Å². The van der Waals surface area contributed by atoms with Gasteiger partial charge in [0, 0.05) is 36.8 Å². The maximum atomic E-state index is 12.7. The lowest BCUT2D eigenvalue weighted by Gasteiger charge is -2.37. The molecule has 7 nitrogen and oxygen atoms in total. The summed E-state index contributed by atoms with van der Waals surface area (Å²) in [5, 5.41) is 14.0. The lowest BCUT2D eigenvalue weighted by Crippen LogP contribution is -2.57. The predicted octanol–water partition coefficient (Wildman–Crippen LogP) is 1.70. The lowest BCUT2D eigenvalue weighted by molar-refractivity contribution is -0.385. The molecular weight excluding hydrogens is 330 g/mol. The van der Waals surface area contributed by atoms with Crippen molar-refractivity contribution in [3.8, 4) is 0 Å². The van der Waals surface area contributed by atoms with Gasteiger partial charge in [-0.2, -0.15) is 4.31 Å². The highest BCUT2D eigenvalue weighted by atomic mass is 35.5. The summed E-state index contributed by atoms with van der Waals surface area (Å²) in [5.41, 5.74) is 0.271. The van der Waals surface area contributed by atoms with Crippen molar-refractivity contribution in [1.29, 1.82) is 0 Å². The van der Waals surface area contributed by atoms with Crippen LogP contribution in [0.3, 0.4) is 0 Å². The van der Waals surface area contributed by atoms with Gasteiger partial charge < -0.3 is 5.32 Å². The van der Waals surface area contributed by atoms with Crippen molar-refractivity contribution in [2.45, 2.75) is 37.8 Å². The second-order valence-electron chi connectivity index (χ2n) is 5.30. The fraction of sp³-hybridized carbons (Fsp3) is 0.538. The minimum absolute atomic E-state index is 0.